The first kappa shape index (κ1) is 18.3. The van der Waals surface area contributed by atoms with E-state index in [1.54, 1.807) is 31.4 Å². The Bertz CT molecular complexity index is 991. The number of methoxy groups -OCH3 is 1. The topological polar surface area (TPSA) is 71.3 Å². The lowest BCUT2D eigenvalue weighted by atomic mass is 9.97. The van der Waals surface area contributed by atoms with Gasteiger partial charge in [-0.05, 0) is 59.7 Å². The molecule has 0 spiro atoms. The Morgan fingerprint density at radius 1 is 1.04 bits per heavy atom. The van der Waals surface area contributed by atoms with E-state index in [-0.39, 0.29) is 18.4 Å². The van der Waals surface area contributed by atoms with Crippen LogP contribution < -0.4 is 14.8 Å². The van der Waals surface area contributed by atoms with Gasteiger partial charge >= 0.3 is 0 Å². The predicted octanol–water partition coefficient (Wildman–Crippen LogP) is 4.49. The summed E-state index contributed by atoms with van der Waals surface area (Å²) in [5.74, 6) is 1.01. The Balaban J connectivity index is 1.71. The maximum absolute atomic E-state index is 12.6. The molecule has 1 atom stereocenters. The SMILES string of the molecule is COc1ccc2cc([C@H](C)C(=O)Nc3ccc(OCC#N)cc3)ccc2c1. The molecule has 3 rings (SSSR count). The molecule has 0 aliphatic carbocycles. The predicted molar refractivity (Wildman–Crippen MR) is 105 cm³/mol. The standard InChI is InChI=1S/C22H20N2O3/c1-15(16-3-4-18-14-21(26-2)8-5-17(18)13-16)22(25)24-19-6-9-20(10-7-19)27-12-11-23/h3-10,13-15H,12H2,1-2H3,(H,24,25)/t15-/m0/s1. The van der Waals surface area contributed by atoms with Gasteiger partial charge in [0.25, 0.3) is 0 Å². The summed E-state index contributed by atoms with van der Waals surface area (Å²) in [5, 5.41) is 13.6. The van der Waals surface area contributed by atoms with Crippen LogP contribution in [0.1, 0.15) is 18.4 Å². The lowest BCUT2D eigenvalue weighted by Crippen LogP contribution is -2.18. The molecular formula is C22H20N2O3. The highest BCUT2D eigenvalue weighted by molar-refractivity contribution is 5.96. The summed E-state index contributed by atoms with van der Waals surface area (Å²) in [5.41, 5.74) is 1.63. The number of carbonyl (C=O) groups excluding carboxylic acids is 1. The van der Waals surface area contributed by atoms with Crippen LogP contribution in [-0.2, 0) is 4.79 Å². The third-order valence-corrected chi connectivity index (χ3v) is 4.39. The number of nitriles is 1. The molecule has 5 heteroatoms. The molecule has 27 heavy (non-hydrogen) atoms. The number of hydrogen-bond acceptors (Lipinski definition) is 4. The van der Waals surface area contributed by atoms with Crippen LogP contribution in [0.5, 0.6) is 11.5 Å². The molecule has 0 aliphatic rings. The zero-order valence-corrected chi connectivity index (χ0v) is 15.2. The molecule has 5 nitrogen and oxygen atoms in total. The van der Waals surface area contributed by atoms with Gasteiger partial charge < -0.3 is 14.8 Å². The van der Waals surface area contributed by atoms with Crippen LogP contribution in [0.15, 0.2) is 60.7 Å². The minimum atomic E-state index is -0.300. The lowest BCUT2D eigenvalue weighted by Gasteiger charge is -2.14. The van der Waals surface area contributed by atoms with E-state index in [4.69, 9.17) is 14.7 Å². The first-order chi connectivity index (χ1) is 13.1. The number of nitrogens with zero attached hydrogens (tertiary/aromatic N) is 1. The van der Waals surface area contributed by atoms with Crippen molar-refractivity contribution in [2.24, 2.45) is 0 Å². The summed E-state index contributed by atoms with van der Waals surface area (Å²) in [6.07, 6.45) is 0. The highest BCUT2D eigenvalue weighted by Gasteiger charge is 2.16. The van der Waals surface area contributed by atoms with Gasteiger partial charge in [0.05, 0.1) is 13.0 Å². The van der Waals surface area contributed by atoms with Crippen molar-refractivity contribution in [2.45, 2.75) is 12.8 Å². The number of amides is 1. The first-order valence-electron chi connectivity index (χ1n) is 8.59. The van der Waals surface area contributed by atoms with Crippen molar-refractivity contribution in [3.63, 3.8) is 0 Å². The fraction of sp³-hybridized carbons (Fsp3) is 0.182. The van der Waals surface area contributed by atoms with E-state index in [1.165, 1.54) is 0 Å². The molecule has 3 aromatic rings. The van der Waals surface area contributed by atoms with Gasteiger partial charge in [0.2, 0.25) is 5.91 Å². The molecule has 0 saturated heterocycles. The van der Waals surface area contributed by atoms with Crippen LogP contribution in [0.4, 0.5) is 5.69 Å². The second-order valence-electron chi connectivity index (χ2n) is 6.15. The van der Waals surface area contributed by atoms with E-state index in [2.05, 4.69) is 5.32 Å². The van der Waals surface area contributed by atoms with Crippen molar-refractivity contribution in [3.05, 3.63) is 66.2 Å². The summed E-state index contributed by atoms with van der Waals surface area (Å²) < 4.78 is 10.5. The summed E-state index contributed by atoms with van der Waals surface area (Å²) in [7, 11) is 1.64. The number of fused-ring (bicyclic) bond motifs is 1. The number of ether oxygens (including phenoxy) is 2. The molecule has 0 saturated carbocycles. The Kier molecular flexibility index (Phi) is 5.58. The molecule has 136 valence electrons. The second kappa shape index (κ2) is 8.24. The largest absolute Gasteiger partial charge is 0.497 e. The average Bonchev–Trinajstić information content (AvgIpc) is 2.71. The molecule has 0 bridgehead atoms. The van der Waals surface area contributed by atoms with Crippen LogP contribution in [0.2, 0.25) is 0 Å². The molecule has 0 unspecified atom stereocenters. The summed E-state index contributed by atoms with van der Waals surface area (Å²) >= 11 is 0. The van der Waals surface area contributed by atoms with Crippen LogP contribution >= 0.6 is 0 Å². The molecular weight excluding hydrogens is 340 g/mol. The molecule has 1 amide bonds. The monoisotopic (exact) mass is 360 g/mol. The van der Waals surface area contributed by atoms with Crippen molar-refractivity contribution in [1.29, 1.82) is 5.26 Å². The van der Waals surface area contributed by atoms with Gasteiger partial charge in [-0.1, -0.05) is 24.3 Å². The van der Waals surface area contributed by atoms with Gasteiger partial charge in [-0.3, -0.25) is 4.79 Å². The van der Waals surface area contributed by atoms with Gasteiger partial charge in [0.1, 0.15) is 17.6 Å². The molecule has 0 aromatic heterocycles. The zero-order chi connectivity index (χ0) is 19.2. The lowest BCUT2D eigenvalue weighted by molar-refractivity contribution is -0.117. The van der Waals surface area contributed by atoms with Crippen LogP contribution in [-0.4, -0.2) is 19.6 Å². The Morgan fingerprint density at radius 2 is 1.70 bits per heavy atom. The van der Waals surface area contributed by atoms with E-state index in [0.717, 1.165) is 22.1 Å². The summed E-state index contributed by atoms with van der Waals surface area (Å²) in [4.78, 5) is 12.6. The first-order valence-corrected chi connectivity index (χ1v) is 8.59. The molecule has 0 fully saturated rings. The van der Waals surface area contributed by atoms with Gasteiger partial charge in [-0.2, -0.15) is 5.26 Å². The smallest absolute Gasteiger partial charge is 0.231 e. The number of nitrogens with one attached hydrogen (secondary N) is 1. The van der Waals surface area contributed by atoms with E-state index in [1.807, 2.05) is 49.4 Å². The average molecular weight is 360 g/mol. The molecule has 0 radical (unpaired) electrons. The van der Waals surface area contributed by atoms with Gasteiger partial charge in [0, 0.05) is 5.69 Å². The number of hydrogen-bond donors (Lipinski definition) is 1. The van der Waals surface area contributed by atoms with Crippen molar-refractivity contribution in [2.75, 3.05) is 19.0 Å². The van der Waals surface area contributed by atoms with Crippen LogP contribution in [0.3, 0.4) is 0 Å². The normalized spacial score (nSPS) is 11.4. The molecule has 0 heterocycles. The fourth-order valence-corrected chi connectivity index (χ4v) is 2.79. The number of anilines is 1. The minimum absolute atomic E-state index is 0.00340. The van der Waals surface area contributed by atoms with E-state index >= 15 is 0 Å². The highest BCUT2D eigenvalue weighted by Crippen LogP contribution is 2.26. The third-order valence-electron chi connectivity index (χ3n) is 4.39. The van der Waals surface area contributed by atoms with Crippen LogP contribution in [0, 0.1) is 11.3 Å². The van der Waals surface area contributed by atoms with Crippen molar-refractivity contribution in [3.8, 4) is 17.6 Å². The van der Waals surface area contributed by atoms with E-state index in [9.17, 15) is 4.79 Å². The molecule has 1 N–H and O–H groups in total. The maximum Gasteiger partial charge on any atom is 0.231 e. The van der Waals surface area contributed by atoms with Crippen molar-refractivity contribution in [1.82, 2.24) is 0 Å². The Morgan fingerprint density at radius 3 is 2.41 bits per heavy atom. The number of carbonyl (C=O) groups is 1. The third kappa shape index (κ3) is 4.36. The Labute approximate surface area is 158 Å². The maximum atomic E-state index is 12.6. The zero-order valence-electron chi connectivity index (χ0n) is 15.2. The number of rotatable bonds is 6. The molecule has 0 aliphatic heterocycles. The Hall–Kier alpha value is -3.52. The summed E-state index contributed by atoms with van der Waals surface area (Å²) in [6.45, 7) is 1.88. The highest BCUT2D eigenvalue weighted by atomic mass is 16.5. The van der Waals surface area contributed by atoms with Gasteiger partial charge in [-0.15, -0.1) is 0 Å². The van der Waals surface area contributed by atoms with Gasteiger partial charge in [-0.25, -0.2) is 0 Å². The second-order valence-corrected chi connectivity index (χ2v) is 6.15. The van der Waals surface area contributed by atoms with E-state index < -0.39 is 0 Å². The fourth-order valence-electron chi connectivity index (χ4n) is 2.79. The number of benzene rings is 3. The van der Waals surface area contributed by atoms with Gasteiger partial charge in [0.15, 0.2) is 6.61 Å². The summed E-state index contributed by atoms with van der Waals surface area (Å²) in [6, 6.07) is 20.7. The van der Waals surface area contributed by atoms with Crippen LogP contribution in [0.25, 0.3) is 10.8 Å². The van der Waals surface area contributed by atoms with E-state index in [0.29, 0.717) is 11.4 Å². The molecule has 3 aromatic carbocycles. The minimum Gasteiger partial charge on any atom is -0.497 e. The van der Waals surface area contributed by atoms with Crippen molar-refractivity contribution < 1.29 is 14.3 Å². The quantitative estimate of drug-likeness (QED) is 0.703. The van der Waals surface area contributed by atoms with Crippen molar-refractivity contribution >= 4 is 22.4 Å².